The van der Waals surface area contributed by atoms with Gasteiger partial charge in [0, 0.05) is 12.1 Å². The largest absolute Gasteiger partial charge is 0.481 e. The first-order valence-corrected chi connectivity index (χ1v) is 4.21. The maximum absolute atomic E-state index is 12.7. The molecule has 1 aromatic rings. The number of alkyl halides is 2. The first-order valence-electron chi connectivity index (χ1n) is 4.21. The number of nitrogens with zero attached hydrogens (tertiary/aromatic N) is 2. The minimum atomic E-state index is -3.00. The molecule has 1 rings (SSSR count). The summed E-state index contributed by atoms with van der Waals surface area (Å²) >= 11 is 0. The Balaban J connectivity index is 3.50. The molecule has 16 heavy (non-hydrogen) atoms. The molecule has 0 fully saturated rings. The van der Waals surface area contributed by atoms with Gasteiger partial charge >= 0.3 is 0 Å². The molecule has 0 atom stereocenters. The zero-order valence-corrected chi connectivity index (χ0v) is 8.31. The van der Waals surface area contributed by atoms with Gasteiger partial charge in [0.1, 0.15) is 11.8 Å². The molecule has 0 unspecified atom stereocenters. The molecule has 0 aromatic carbocycles. The number of hydrogen-bond acceptors (Lipinski definition) is 5. The van der Waals surface area contributed by atoms with Gasteiger partial charge in [-0.25, -0.2) is 13.8 Å². The van der Waals surface area contributed by atoms with Gasteiger partial charge in [-0.1, -0.05) is 0 Å². The number of hydrogen-bond donors (Lipinski definition) is 1. The highest BCUT2D eigenvalue weighted by Gasteiger charge is 2.28. The van der Waals surface area contributed by atoms with Crippen LogP contribution in [0.2, 0.25) is 0 Å². The van der Waals surface area contributed by atoms with Crippen LogP contribution >= 0.6 is 0 Å². The Kier molecular flexibility index (Phi) is 3.67. The van der Waals surface area contributed by atoms with Gasteiger partial charge in [0.05, 0.1) is 12.0 Å². The number of halogens is 2. The molecule has 1 aromatic heterocycles. The van der Waals surface area contributed by atoms with Crippen LogP contribution in [-0.4, -0.2) is 17.0 Å². The lowest BCUT2D eigenvalue weighted by atomic mass is 10.1. The molecule has 6 nitrogen and oxygen atoms in total. The number of pyridine rings is 1. The topological polar surface area (TPSA) is 91.3 Å². The van der Waals surface area contributed by atoms with Gasteiger partial charge in [-0.05, 0) is 0 Å². The average Bonchev–Trinajstić information content (AvgIpc) is 2.26. The van der Waals surface area contributed by atoms with Crippen LogP contribution in [0.15, 0.2) is 6.20 Å². The predicted octanol–water partition coefficient (Wildman–Crippen LogP) is 1.39. The van der Waals surface area contributed by atoms with Crippen molar-refractivity contribution in [3.8, 4) is 5.88 Å². The maximum Gasteiger partial charge on any atom is 0.297 e. The van der Waals surface area contributed by atoms with E-state index >= 15 is 0 Å². The Bertz CT molecular complexity index is 412. The van der Waals surface area contributed by atoms with Crippen molar-refractivity contribution in [1.82, 2.24) is 4.98 Å². The Morgan fingerprint density at radius 2 is 2.31 bits per heavy atom. The van der Waals surface area contributed by atoms with Crippen LogP contribution in [-0.2, 0) is 6.54 Å². The van der Waals surface area contributed by atoms with E-state index in [9.17, 15) is 18.9 Å². The standard InChI is InChI=1S/C8H9F2N3O3/c1-16-8-4(2-11)6(7(9)10)5(3-12-8)13(14)15/h3,7H,2,11H2,1H3. The third-order valence-corrected chi connectivity index (χ3v) is 1.98. The van der Waals surface area contributed by atoms with E-state index < -0.39 is 22.6 Å². The smallest absolute Gasteiger partial charge is 0.297 e. The van der Waals surface area contributed by atoms with Gasteiger partial charge < -0.3 is 10.5 Å². The molecule has 0 bridgehead atoms. The van der Waals surface area contributed by atoms with E-state index in [4.69, 9.17) is 10.5 Å². The third-order valence-electron chi connectivity index (χ3n) is 1.98. The van der Waals surface area contributed by atoms with Crippen LogP contribution in [0.4, 0.5) is 14.5 Å². The number of aromatic nitrogens is 1. The van der Waals surface area contributed by atoms with Crippen molar-refractivity contribution in [2.75, 3.05) is 7.11 Å². The number of rotatable bonds is 4. The summed E-state index contributed by atoms with van der Waals surface area (Å²) < 4.78 is 30.1. The summed E-state index contributed by atoms with van der Waals surface area (Å²) in [5.74, 6) is -0.122. The Morgan fingerprint density at radius 1 is 1.69 bits per heavy atom. The molecule has 8 heteroatoms. The molecule has 88 valence electrons. The summed E-state index contributed by atoms with van der Waals surface area (Å²) in [6.07, 6.45) is -2.27. The summed E-state index contributed by atoms with van der Waals surface area (Å²) in [5.41, 5.74) is 3.62. The highest BCUT2D eigenvalue weighted by molar-refractivity contribution is 5.48. The van der Waals surface area contributed by atoms with E-state index in [0.29, 0.717) is 0 Å². The zero-order chi connectivity index (χ0) is 12.3. The molecule has 2 N–H and O–H groups in total. The van der Waals surface area contributed by atoms with Crippen LogP contribution < -0.4 is 10.5 Å². The van der Waals surface area contributed by atoms with Gasteiger partial charge in [0.2, 0.25) is 5.88 Å². The van der Waals surface area contributed by atoms with Gasteiger partial charge in [0.25, 0.3) is 12.1 Å². The van der Waals surface area contributed by atoms with E-state index in [-0.39, 0.29) is 18.0 Å². The fourth-order valence-corrected chi connectivity index (χ4v) is 1.30. The SMILES string of the molecule is COc1ncc([N+](=O)[O-])c(C(F)F)c1CN. The van der Waals surface area contributed by atoms with E-state index in [0.717, 1.165) is 6.20 Å². The normalized spacial score (nSPS) is 10.6. The summed E-state index contributed by atoms with van der Waals surface area (Å²) in [6.45, 7) is -0.308. The van der Waals surface area contributed by atoms with Crippen molar-refractivity contribution in [2.24, 2.45) is 5.73 Å². The number of nitro groups is 1. The minimum Gasteiger partial charge on any atom is -0.481 e. The fraction of sp³-hybridized carbons (Fsp3) is 0.375. The summed E-state index contributed by atoms with van der Waals surface area (Å²) in [4.78, 5) is 13.2. The first kappa shape index (κ1) is 12.2. The second-order valence-electron chi connectivity index (χ2n) is 2.81. The van der Waals surface area contributed by atoms with Crippen LogP contribution in [0.3, 0.4) is 0 Å². The van der Waals surface area contributed by atoms with Crippen molar-refractivity contribution in [3.05, 3.63) is 27.4 Å². The second kappa shape index (κ2) is 4.79. The molecule has 0 radical (unpaired) electrons. The molecule has 0 saturated heterocycles. The molecule has 0 aliphatic carbocycles. The summed E-state index contributed by atoms with van der Waals surface area (Å²) in [5, 5.41) is 10.5. The molecule has 0 amide bonds. The van der Waals surface area contributed by atoms with Crippen LogP contribution in [0.1, 0.15) is 17.6 Å². The molecular weight excluding hydrogens is 224 g/mol. The third kappa shape index (κ3) is 2.06. The maximum atomic E-state index is 12.7. The van der Waals surface area contributed by atoms with E-state index in [1.807, 2.05) is 0 Å². The van der Waals surface area contributed by atoms with Crippen LogP contribution in [0, 0.1) is 10.1 Å². The minimum absolute atomic E-state index is 0.122. The molecule has 0 spiro atoms. The highest BCUT2D eigenvalue weighted by atomic mass is 19.3. The molecule has 1 heterocycles. The van der Waals surface area contributed by atoms with Crippen molar-refractivity contribution < 1.29 is 18.4 Å². The Labute approximate surface area is 89.2 Å². The van der Waals surface area contributed by atoms with Gasteiger partial charge in [0.15, 0.2) is 0 Å². The summed E-state index contributed by atoms with van der Waals surface area (Å²) in [6, 6.07) is 0. The number of methoxy groups -OCH3 is 1. The van der Waals surface area contributed by atoms with Gasteiger partial charge in [-0.15, -0.1) is 0 Å². The van der Waals surface area contributed by atoms with E-state index in [1.165, 1.54) is 7.11 Å². The van der Waals surface area contributed by atoms with E-state index in [2.05, 4.69) is 4.98 Å². The van der Waals surface area contributed by atoms with Crippen LogP contribution in [0.25, 0.3) is 0 Å². The lowest BCUT2D eigenvalue weighted by molar-refractivity contribution is -0.386. The van der Waals surface area contributed by atoms with Crippen LogP contribution in [0.5, 0.6) is 5.88 Å². The van der Waals surface area contributed by atoms with Crippen molar-refractivity contribution >= 4 is 5.69 Å². The first-order chi connectivity index (χ1) is 7.52. The van der Waals surface area contributed by atoms with Crippen molar-refractivity contribution in [3.63, 3.8) is 0 Å². The average molecular weight is 233 g/mol. The Morgan fingerprint density at radius 3 is 2.69 bits per heavy atom. The van der Waals surface area contributed by atoms with Crippen molar-refractivity contribution in [2.45, 2.75) is 13.0 Å². The molecule has 0 saturated carbocycles. The monoisotopic (exact) mass is 233 g/mol. The predicted molar refractivity (Wildman–Crippen MR) is 50.3 cm³/mol. The summed E-state index contributed by atoms with van der Waals surface area (Å²) in [7, 11) is 1.22. The molecule has 0 aliphatic rings. The lowest BCUT2D eigenvalue weighted by Gasteiger charge is -2.10. The number of nitrogens with two attached hydrogens (primary N) is 1. The van der Waals surface area contributed by atoms with Gasteiger partial charge in [-0.3, -0.25) is 10.1 Å². The zero-order valence-electron chi connectivity index (χ0n) is 8.31. The molecule has 0 aliphatic heterocycles. The fourth-order valence-electron chi connectivity index (χ4n) is 1.30. The lowest BCUT2D eigenvalue weighted by Crippen LogP contribution is -2.09. The Hall–Kier alpha value is -1.83. The second-order valence-corrected chi connectivity index (χ2v) is 2.81. The van der Waals surface area contributed by atoms with Gasteiger partial charge in [-0.2, -0.15) is 0 Å². The van der Waals surface area contributed by atoms with Crippen molar-refractivity contribution in [1.29, 1.82) is 0 Å². The van der Waals surface area contributed by atoms with E-state index in [1.54, 1.807) is 0 Å². The highest BCUT2D eigenvalue weighted by Crippen LogP contribution is 2.35. The number of ether oxygens (including phenoxy) is 1. The molecular formula is C8H9F2N3O3. The quantitative estimate of drug-likeness (QED) is 0.626.